The summed E-state index contributed by atoms with van der Waals surface area (Å²) in [4.78, 5) is 56.3. The molecule has 1 aliphatic rings. The Morgan fingerprint density at radius 3 is 0.922 bits per heavy atom. The van der Waals surface area contributed by atoms with Gasteiger partial charge < -0.3 is 14.9 Å². The molecule has 304 valence electrons. The molecule has 0 radical (unpaired) electrons. The third-order valence-corrected chi connectivity index (χ3v) is 9.18. The van der Waals surface area contributed by atoms with E-state index >= 15 is 0 Å². The number of carboxylic acid groups (broad SMARTS) is 2. The summed E-state index contributed by atoms with van der Waals surface area (Å²) in [5.74, 6) is -0.220. The molecule has 8 nitrogen and oxygen atoms in total. The summed E-state index contributed by atoms with van der Waals surface area (Å²) in [5.41, 5.74) is 0. The second-order valence-corrected chi connectivity index (χ2v) is 16.8. The van der Waals surface area contributed by atoms with Gasteiger partial charge >= 0.3 is 17.9 Å². The van der Waals surface area contributed by atoms with Gasteiger partial charge in [0.05, 0.1) is 17.8 Å². The zero-order chi connectivity index (χ0) is 39.7. The van der Waals surface area contributed by atoms with Crippen LogP contribution in [0.15, 0.2) is 12.3 Å². The van der Waals surface area contributed by atoms with E-state index in [0.717, 1.165) is 11.8 Å². The van der Waals surface area contributed by atoms with Crippen LogP contribution in [0, 0.1) is 82.9 Å². The smallest absolute Gasteiger partial charge is 0.315 e. The first-order chi connectivity index (χ1) is 22.1. The van der Waals surface area contributed by atoms with Crippen LogP contribution in [0.25, 0.3) is 0 Å². The lowest BCUT2D eigenvalue weighted by Gasteiger charge is -2.27. The Bertz CT molecular complexity index is 891. The van der Waals surface area contributed by atoms with E-state index in [9.17, 15) is 24.0 Å². The Labute approximate surface area is 315 Å². The Hall–Kier alpha value is -2.51. The highest BCUT2D eigenvalue weighted by atomic mass is 16.5. The molecule has 0 saturated carbocycles. The number of carboxylic acids is 2. The average Bonchev–Trinajstić information content (AvgIpc) is 3.22. The van der Waals surface area contributed by atoms with Gasteiger partial charge in [0.15, 0.2) is 0 Å². The SMILES string of the molecule is C.C.C=C1OC(=O)C(C(C)C)C1C(C)C.CC(=O)C(C(C)C)C(C(=O)O)C(C)C.CC(=O)C(C(C)C)C(C(=O)O)C(C)C.CC(C)CCC(C)C. The van der Waals surface area contributed by atoms with Gasteiger partial charge in [0.2, 0.25) is 0 Å². The molecule has 0 aromatic heterocycles. The molecular formula is C43H84O8. The molecule has 0 amide bonds. The standard InChI is InChI=1S/2C11H20O3.C11H18O2.C8H18.2CH4/c2*1-6(2)9(8(5)12)10(7(3)4)11(13)14;1-6(2)9-8(5)13-11(12)10(9)7(3)4;1-7(2)5-6-8(3)4;;/h2*6-7,9-10H,1-5H3,(H,13,14);6-7,9-10H,5H2,1-4H3;7-8H,5-6H2,1-4H3;2*1H4. The van der Waals surface area contributed by atoms with Gasteiger partial charge in [-0.3, -0.25) is 24.0 Å². The number of ketones is 2. The molecule has 6 unspecified atom stereocenters. The van der Waals surface area contributed by atoms with Crippen molar-refractivity contribution in [1.82, 2.24) is 0 Å². The van der Waals surface area contributed by atoms with Crippen molar-refractivity contribution in [2.24, 2.45) is 82.9 Å². The van der Waals surface area contributed by atoms with Gasteiger partial charge in [-0.1, -0.05) is 145 Å². The number of rotatable bonds is 15. The van der Waals surface area contributed by atoms with Crippen LogP contribution in [0.1, 0.15) is 152 Å². The maximum atomic E-state index is 11.5. The fourth-order valence-corrected chi connectivity index (χ4v) is 6.73. The Morgan fingerprint density at radius 2 is 0.804 bits per heavy atom. The van der Waals surface area contributed by atoms with E-state index in [1.165, 1.54) is 26.7 Å². The molecule has 1 saturated heterocycles. The van der Waals surface area contributed by atoms with Gasteiger partial charge in [-0.25, -0.2) is 0 Å². The van der Waals surface area contributed by atoms with E-state index in [2.05, 4.69) is 62.0 Å². The lowest BCUT2D eigenvalue weighted by Crippen LogP contribution is -2.35. The number of allylic oxidation sites excluding steroid dienone is 1. The van der Waals surface area contributed by atoms with Crippen molar-refractivity contribution in [1.29, 1.82) is 0 Å². The van der Waals surface area contributed by atoms with Crippen molar-refractivity contribution in [3.8, 4) is 0 Å². The minimum Gasteiger partial charge on any atom is -0.481 e. The Kier molecular flexibility index (Phi) is 31.8. The number of esters is 1. The number of hydrogen-bond acceptors (Lipinski definition) is 6. The zero-order valence-corrected chi connectivity index (χ0v) is 34.5. The lowest BCUT2D eigenvalue weighted by atomic mass is 9.75. The summed E-state index contributed by atoms with van der Waals surface area (Å²) in [6.07, 6.45) is 2.77. The number of Topliss-reactive ketones (excluding diaryl/α,β-unsaturated/α-hetero) is 2. The summed E-state index contributed by atoms with van der Waals surface area (Å²) in [5, 5.41) is 18.1. The highest BCUT2D eigenvalue weighted by Crippen LogP contribution is 2.40. The predicted molar refractivity (Wildman–Crippen MR) is 214 cm³/mol. The third-order valence-electron chi connectivity index (χ3n) is 9.18. The number of ether oxygens (including phenoxy) is 1. The molecule has 51 heavy (non-hydrogen) atoms. The molecule has 8 heteroatoms. The summed E-state index contributed by atoms with van der Waals surface area (Å²) >= 11 is 0. The number of cyclic esters (lactones) is 1. The zero-order valence-electron chi connectivity index (χ0n) is 34.5. The van der Waals surface area contributed by atoms with Crippen molar-refractivity contribution < 1.29 is 38.9 Å². The highest BCUT2D eigenvalue weighted by molar-refractivity contribution is 5.85. The Balaban J connectivity index is -0.000000185. The minimum absolute atomic E-state index is 0. The van der Waals surface area contributed by atoms with E-state index in [0.29, 0.717) is 17.6 Å². The first-order valence-electron chi connectivity index (χ1n) is 18.5. The van der Waals surface area contributed by atoms with Crippen LogP contribution in [0.2, 0.25) is 0 Å². The molecular weight excluding hydrogens is 644 g/mol. The van der Waals surface area contributed by atoms with Crippen LogP contribution >= 0.6 is 0 Å². The molecule has 0 bridgehead atoms. The Morgan fingerprint density at radius 1 is 0.549 bits per heavy atom. The maximum Gasteiger partial charge on any atom is 0.315 e. The fourth-order valence-electron chi connectivity index (χ4n) is 6.73. The van der Waals surface area contributed by atoms with Gasteiger partial charge in [0.1, 0.15) is 17.3 Å². The molecule has 1 aliphatic heterocycles. The van der Waals surface area contributed by atoms with Crippen LogP contribution in [0.3, 0.4) is 0 Å². The second-order valence-electron chi connectivity index (χ2n) is 16.8. The van der Waals surface area contributed by atoms with Crippen molar-refractivity contribution in [2.45, 2.75) is 152 Å². The number of aliphatic carboxylic acids is 2. The number of hydrogen-bond donors (Lipinski definition) is 2. The number of carbonyl (C=O) groups excluding carboxylic acids is 3. The summed E-state index contributed by atoms with van der Waals surface area (Å²) in [6, 6.07) is 0. The molecule has 0 aromatic rings. The normalized spacial score (nSPS) is 17.7. The highest BCUT2D eigenvalue weighted by Gasteiger charge is 2.43. The van der Waals surface area contributed by atoms with Gasteiger partial charge in [0, 0.05) is 17.8 Å². The minimum atomic E-state index is -0.867. The van der Waals surface area contributed by atoms with Crippen LogP contribution in [0.4, 0.5) is 0 Å². The van der Waals surface area contributed by atoms with E-state index in [1.807, 2.05) is 55.4 Å². The summed E-state index contributed by atoms with van der Waals surface area (Å²) < 4.78 is 5.08. The predicted octanol–water partition coefficient (Wildman–Crippen LogP) is 11.4. The van der Waals surface area contributed by atoms with Crippen LogP contribution in [-0.2, 0) is 28.7 Å². The lowest BCUT2D eigenvalue weighted by molar-refractivity contribution is -0.150. The molecule has 2 N–H and O–H groups in total. The largest absolute Gasteiger partial charge is 0.481 e. The van der Waals surface area contributed by atoms with Gasteiger partial charge in [0.25, 0.3) is 0 Å². The van der Waals surface area contributed by atoms with E-state index in [4.69, 9.17) is 14.9 Å². The maximum absolute atomic E-state index is 11.5. The van der Waals surface area contributed by atoms with Gasteiger partial charge in [-0.15, -0.1) is 0 Å². The molecule has 0 aromatic carbocycles. The van der Waals surface area contributed by atoms with E-state index in [-0.39, 0.29) is 79.7 Å². The quantitative estimate of drug-likeness (QED) is 0.159. The average molecular weight is 729 g/mol. The van der Waals surface area contributed by atoms with Crippen LogP contribution < -0.4 is 0 Å². The van der Waals surface area contributed by atoms with E-state index < -0.39 is 23.8 Å². The molecule has 0 spiro atoms. The second kappa shape index (κ2) is 28.1. The number of carbonyl (C=O) groups is 5. The molecule has 0 aliphatic carbocycles. The van der Waals surface area contributed by atoms with E-state index in [1.54, 1.807) is 0 Å². The van der Waals surface area contributed by atoms with Crippen molar-refractivity contribution >= 4 is 29.5 Å². The van der Waals surface area contributed by atoms with Crippen molar-refractivity contribution in [3.63, 3.8) is 0 Å². The molecule has 1 heterocycles. The van der Waals surface area contributed by atoms with Crippen LogP contribution in [0.5, 0.6) is 0 Å². The van der Waals surface area contributed by atoms with Gasteiger partial charge in [-0.2, -0.15) is 0 Å². The van der Waals surface area contributed by atoms with Crippen LogP contribution in [-0.4, -0.2) is 39.7 Å². The summed E-state index contributed by atoms with van der Waals surface area (Å²) in [6.45, 7) is 39.1. The molecule has 1 fully saturated rings. The monoisotopic (exact) mass is 729 g/mol. The first kappa shape index (κ1) is 57.8. The fraction of sp³-hybridized carbons (Fsp3) is 0.837. The van der Waals surface area contributed by atoms with Crippen molar-refractivity contribution in [3.05, 3.63) is 12.3 Å². The van der Waals surface area contributed by atoms with Crippen molar-refractivity contribution in [2.75, 3.05) is 0 Å². The first-order valence-corrected chi connectivity index (χ1v) is 18.5. The topological polar surface area (TPSA) is 135 Å². The molecule has 6 atom stereocenters. The molecule has 1 rings (SSSR count). The van der Waals surface area contributed by atoms with Gasteiger partial charge in [-0.05, 0) is 61.2 Å². The summed E-state index contributed by atoms with van der Waals surface area (Å²) in [7, 11) is 0. The third kappa shape index (κ3) is 22.2.